The third-order valence-corrected chi connectivity index (χ3v) is 4.66. The highest BCUT2D eigenvalue weighted by atomic mass is 79.9. The molecule has 1 aromatic carbocycles. The second-order valence-corrected chi connectivity index (χ2v) is 7.19. The zero-order valence-corrected chi connectivity index (χ0v) is 15.7. The van der Waals surface area contributed by atoms with E-state index in [0.717, 1.165) is 6.07 Å². The van der Waals surface area contributed by atoms with Crippen LogP contribution in [0.15, 0.2) is 45.5 Å². The Balaban J connectivity index is 1.83. The monoisotopic (exact) mass is 427 g/mol. The standard InChI is InChI=1S/C18H17BrF3N3O/c1-9-7-25-8-11(19)6-14(17(25)23-9)18(26)24-10(2)12-4-3-5-13(15(12)20)16(21)22/h3-6,8-10,16H,7H2,1-2H3,(H,24,26)/t9?,10-/m1/s1. The van der Waals surface area contributed by atoms with Gasteiger partial charge in [0.15, 0.2) is 0 Å². The molecule has 1 unspecified atom stereocenters. The number of fused-ring (bicyclic) bond motifs is 1. The number of rotatable bonds is 4. The topological polar surface area (TPSA) is 44.7 Å². The number of aliphatic imine (C=N–C) groups is 1. The minimum atomic E-state index is -2.91. The maximum atomic E-state index is 14.3. The number of amidine groups is 1. The Hall–Kier alpha value is -2.09. The summed E-state index contributed by atoms with van der Waals surface area (Å²) in [6, 6.07) is 3.05. The fourth-order valence-electron chi connectivity index (χ4n) is 3.01. The van der Waals surface area contributed by atoms with Crippen molar-refractivity contribution in [3.63, 3.8) is 0 Å². The van der Waals surface area contributed by atoms with Gasteiger partial charge in [-0.05, 0) is 35.9 Å². The predicted molar refractivity (Wildman–Crippen MR) is 96.6 cm³/mol. The predicted octanol–water partition coefficient (Wildman–Crippen LogP) is 4.22. The van der Waals surface area contributed by atoms with Crippen molar-refractivity contribution >= 4 is 27.7 Å². The van der Waals surface area contributed by atoms with Crippen LogP contribution in [-0.4, -0.2) is 29.2 Å². The van der Waals surface area contributed by atoms with E-state index in [9.17, 15) is 18.0 Å². The molecule has 0 saturated carbocycles. The second-order valence-electron chi connectivity index (χ2n) is 6.27. The molecule has 2 atom stereocenters. The SMILES string of the molecule is CC1CN2C=C(Br)C=C(C(=O)N[C@H](C)c3cccc(C(F)F)c3F)C2=N1. The fourth-order valence-corrected chi connectivity index (χ4v) is 3.49. The van der Waals surface area contributed by atoms with Crippen molar-refractivity contribution in [2.45, 2.75) is 32.4 Å². The zero-order chi connectivity index (χ0) is 19.0. The molecule has 0 saturated heterocycles. The van der Waals surface area contributed by atoms with E-state index >= 15 is 0 Å². The molecule has 0 bridgehead atoms. The summed E-state index contributed by atoms with van der Waals surface area (Å²) in [6.07, 6.45) is 0.568. The molecule has 1 aromatic rings. The van der Waals surface area contributed by atoms with Gasteiger partial charge in [-0.25, -0.2) is 13.2 Å². The quantitative estimate of drug-likeness (QED) is 0.781. The molecule has 0 radical (unpaired) electrons. The zero-order valence-electron chi connectivity index (χ0n) is 14.1. The average Bonchev–Trinajstić information content (AvgIpc) is 2.93. The van der Waals surface area contributed by atoms with Crippen LogP contribution in [0.2, 0.25) is 0 Å². The number of hydrogen-bond donors (Lipinski definition) is 1. The summed E-state index contributed by atoms with van der Waals surface area (Å²) < 4.78 is 40.8. The number of halogens is 4. The number of hydrogen-bond acceptors (Lipinski definition) is 3. The van der Waals surface area contributed by atoms with Crippen LogP contribution >= 0.6 is 15.9 Å². The highest BCUT2D eigenvalue weighted by Crippen LogP contribution is 2.29. The maximum Gasteiger partial charge on any atom is 0.266 e. The van der Waals surface area contributed by atoms with Gasteiger partial charge in [0, 0.05) is 22.8 Å². The van der Waals surface area contributed by atoms with E-state index in [2.05, 4.69) is 26.2 Å². The van der Waals surface area contributed by atoms with Gasteiger partial charge >= 0.3 is 0 Å². The van der Waals surface area contributed by atoms with Crippen molar-refractivity contribution in [1.82, 2.24) is 10.2 Å². The molecule has 0 aromatic heterocycles. The number of nitrogens with one attached hydrogen (secondary N) is 1. The smallest absolute Gasteiger partial charge is 0.266 e. The Morgan fingerprint density at radius 1 is 1.38 bits per heavy atom. The van der Waals surface area contributed by atoms with Crippen LogP contribution in [0.1, 0.15) is 37.4 Å². The van der Waals surface area contributed by atoms with Gasteiger partial charge in [0.25, 0.3) is 12.3 Å². The highest BCUT2D eigenvalue weighted by molar-refractivity contribution is 9.11. The van der Waals surface area contributed by atoms with E-state index in [0.29, 0.717) is 22.4 Å². The van der Waals surface area contributed by atoms with Gasteiger partial charge in [0.05, 0.1) is 23.2 Å². The largest absolute Gasteiger partial charge is 0.345 e. The van der Waals surface area contributed by atoms with Crippen LogP contribution < -0.4 is 5.32 Å². The van der Waals surface area contributed by atoms with Crippen molar-refractivity contribution in [2.24, 2.45) is 4.99 Å². The molecule has 0 aliphatic carbocycles. The molecule has 2 heterocycles. The summed E-state index contributed by atoms with van der Waals surface area (Å²) in [5.41, 5.74) is -0.312. The number of benzene rings is 1. The van der Waals surface area contributed by atoms with Crippen LogP contribution in [0.3, 0.4) is 0 Å². The third-order valence-electron chi connectivity index (χ3n) is 4.23. The number of carbonyl (C=O) groups excluding carboxylic acids is 1. The van der Waals surface area contributed by atoms with Crippen LogP contribution in [0.4, 0.5) is 13.2 Å². The number of allylic oxidation sites excluding steroid dienone is 2. The molecule has 1 N–H and O–H groups in total. The average molecular weight is 428 g/mol. The molecule has 138 valence electrons. The lowest BCUT2D eigenvalue weighted by molar-refractivity contribution is -0.117. The normalized spacial score (nSPS) is 20.3. The van der Waals surface area contributed by atoms with E-state index in [1.165, 1.54) is 12.1 Å². The lowest BCUT2D eigenvalue weighted by atomic mass is 10.0. The van der Waals surface area contributed by atoms with Crippen molar-refractivity contribution in [2.75, 3.05) is 6.54 Å². The Bertz CT molecular complexity index is 835. The molecule has 2 aliphatic rings. The van der Waals surface area contributed by atoms with Crippen LogP contribution in [0, 0.1) is 5.82 Å². The third kappa shape index (κ3) is 3.56. The molecule has 8 heteroatoms. The number of alkyl halides is 2. The molecule has 2 aliphatic heterocycles. The number of carbonyl (C=O) groups is 1. The first-order valence-electron chi connectivity index (χ1n) is 8.09. The number of amides is 1. The first kappa shape index (κ1) is 18.7. The fraction of sp³-hybridized carbons (Fsp3) is 0.333. The van der Waals surface area contributed by atoms with Crippen molar-refractivity contribution in [3.8, 4) is 0 Å². The summed E-state index contributed by atoms with van der Waals surface area (Å²) in [5.74, 6) is -0.892. The van der Waals surface area contributed by atoms with E-state index in [1.54, 1.807) is 13.0 Å². The molecule has 4 nitrogen and oxygen atoms in total. The highest BCUT2D eigenvalue weighted by Gasteiger charge is 2.31. The summed E-state index contributed by atoms with van der Waals surface area (Å²) in [4.78, 5) is 19.0. The summed E-state index contributed by atoms with van der Waals surface area (Å²) in [6.45, 7) is 4.16. The summed E-state index contributed by atoms with van der Waals surface area (Å²) in [7, 11) is 0. The van der Waals surface area contributed by atoms with Crippen molar-refractivity contribution in [3.05, 3.63) is 57.5 Å². The van der Waals surface area contributed by atoms with Crippen molar-refractivity contribution in [1.29, 1.82) is 0 Å². The molecule has 26 heavy (non-hydrogen) atoms. The van der Waals surface area contributed by atoms with Gasteiger partial charge in [-0.1, -0.05) is 18.2 Å². The minimum absolute atomic E-state index is 0.0146. The van der Waals surface area contributed by atoms with Crippen LogP contribution in [0.5, 0.6) is 0 Å². The first-order valence-corrected chi connectivity index (χ1v) is 8.88. The van der Waals surface area contributed by atoms with Gasteiger partial charge in [0.1, 0.15) is 11.7 Å². The van der Waals surface area contributed by atoms with Gasteiger partial charge in [-0.3, -0.25) is 9.79 Å². The van der Waals surface area contributed by atoms with E-state index in [4.69, 9.17) is 0 Å². The molecule has 0 fully saturated rings. The minimum Gasteiger partial charge on any atom is -0.345 e. The van der Waals surface area contributed by atoms with Crippen LogP contribution in [-0.2, 0) is 4.79 Å². The first-order chi connectivity index (χ1) is 12.3. The molecule has 0 spiro atoms. The second kappa shape index (κ2) is 7.26. The Labute approximate surface area is 157 Å². The summed E-state index contributed by atoms with van der Waals surface area (Å²) in [5, 5.41) is 2.67. The van der Waals surface area contributed by atoms with Gasteiger partial charge in [-0.2, -0.15) is 0 Å². The number of nitrogens with zero attached hydrogens (tertiary/aromatic N) is 2. The molecule has 3 rings (SSSR count). The Kier molecular flexibility index (Phi) is 5.22. The van der Waals surface area contributed by atoms with E-state index < -0.39 is 29.8 Å². The van der Waals surface area contributed by atoms with Crippen LogP contribution in [0.25, 0.3) is 0 Å². The van der Waals surface area contributed by atoms with Gasteiger partial charge < -0.3 is 10.2 Å². The maximum absolute atomic E-state index is 14.3. The molecular weight excluding hydrogens is 411 g/mol. The Morgan fingerprint density at radius 2 is 2.08 bits per heavy atom. The van der Waals surface area contributed by atoms with Crippen molar-refractivity contribution < 1.29 is 18.0 Å². The molecule has 1 amide bonds. The van der Waals surface area contributed by atoms with E-state index in [-0.39, 0.29) is 11.6 Å². The summed E-state index contributed by atoms with van der Waals surface area (Å²) >= 11 is 3.37. The van der Waals surface area contributed by atoms with Gasteiger partial charge in [-0.15, -0.1) is 0 Å². The lowest BCUT2D eigenvalue weighted by Crippen LogP contribution is -2.36. The van der Waals surface area contributed by atoms with Gasteiger partial charge in [0.2, 0.25) is 0 Å². The lowest BCUT2D eigenvalue weighted by Gasteiger charge is -2.23. The Morgan fingerprint density at radius 3 is 2.77 bits per heavy atom. The molecular formula is C18H17BrF3N3O. The van der Waals surface area contributed by atoms with E-state index in [1.807, 2.05) is 18.0 Å².